The number of hydrogen-bond acceptors (Lipinski definition) is 8. The topological polar surface area (TPSA) is 199 Å². The number of carbonyl (C=O) groups is 5. The largest absolute Gasteiger partial charge is 0.445 e. The van der Waals surface area contributed by atoms with Crippen molar-refractivity contribution < 1.29 is 33.1 Å². The van der Waals surface area contributed by atoms with E-state index in [1.54, 1.807) is 43.3 Å². The quantitative estimate of drug-likeness (QED) is 0.214. The van der Waals surface area contributed by atoms with Gasteiger partial charge in [-0.05, 0) is 44.0 Å². The van der Waals surface area contributed by atoms with E-state index in [0.717, 1.165) is 5.56 Å². The number of anilines is 1. The van der Waals surface area contributed by atoms with Crippen molar-refractivity contribution in [3.63, 3.8) is 0 Å². The molecule has 3 aromatic rings. The molecule has 0 aliphatic rings. The predicted molar refractivity (Wildman–Crippen MR) is 148 cm³/mol. The number of carbonyl (C=O) groups excluding carboxylic acids is 5. The highest BCUT2D eigenvalue weighted by molar-refractivity contribution is 6.01. The third-order valence-electron chi connectivity index (χ3n) is 5.95. The van der Waals surface area contributed by atoms with Gasteiger partial charge in [-0.25, -0.2) is 9.59 Å². The first kappa shape index (κ1) is 30.3. The smallest absolute Gasteiger partial charge is 0.408 e. The first-order valence-electron chi connectivity index (χ1n) is 12.6. The molecule has 13 heteroatoms. The van der Waals surface area contributed by atoms with E-state index in [-0.39, 0.29) is 17.9 Å². The van der Waals surface area contributed by atoms with Crippen LogP contribution in [0.4, 0.5) is 10.5 Å². The van der Waals surface area contributed by atoms with Gasteiger partial charge in [0.2, 0.25) is 23.6 Å². The molecule has 41 heavy (non-hydrogen) atoms. The van der Waals surface area contributed by atoms with Crippen LogP contribution < -0.4 is 32.6 Å². The number of amides is 5. The Balaban J connectivity index is 1.56. The second-order valence-corrected chi connectivity index (χ2v) is 9.34. The second-order valence-electron chi connectivity index (χ2n) is 9.34. The molecule has 216 valence electrons. The molecule has 0 bridgehead atoms. The lowest BCUT2D eigenvalue weighted by Crippen LogP contribution is -2.55. The highest BCUT2D eigenvalue weighted by Gasteiger charge is 2.27. The summed E-state index contributed by atoms with van der Waals surface area (Å²) in [4.78, 5) is 73.5. The third kappa shape index (κ3) is 8.92. The number of primary amides is 1. The fraction of sp³-hybridized carbons (Fsp3) is 0.286. The Hall–Kier alpha value is -5.20. The second kappa shape index (κ2) is 13.7. The summed E-state index contributed by atoms with van der Waals surface area (Å²) in [6, 6.07) is 11.4. The van der Waals surface area contributed by atoms with Crippen LogP contribution in [0.25, 0.3) is 11.0 Å². The number of ether oxygens (including phenoxy) is 1. The maximum absolute atomic E-state index is 12.9. The Morgan fingerprint density at radius 2 is 1.54 bits per heavy atom. The minimum Gasteiger partial charge on any atom is -0.445 e. The zero-order valence-corrected chi connectivity index (χ0v) is 22.7. The van der Waals surface area contributed by atoms with Gasteiger partial charge in [0.15, 0.2) is 0 Å². The van der Waals surface area contributed by atoms with Crippen LogP contribution in [0, 0.1) is 6.92 Å². The fourth-order valence-electron chi connectivity index (χ4n) is 3.75. The molecule has 2 aromatic carbocycles. The molecule has 0 aliphatic heterocycles. The molecule has 5 amide bonds. The normalized spacial score (nSPS) is 12.9. The van der Waals surface area contributed by atoms with E-state index in [9.17, 15) is 28.8 Å². The molecule has 0 saturated heterocycles. The minimum absolute atomic E-state index is 0.0103. The SMILES string of the molecule is Cc1cc(=O)oc2cc(NC(=O)C(CC(N)=O)NC(=O)C(C)NC(=O)C(C)NC(=O)OCc3ccccc3)ccc12. The molecule has 6 N–H and O–H groups in total. The molecule has 0 aliphatic carbocycles. The van der Waals surface area contributed by atoms with Crippen molar-refractivity contribution in [2.24, 2.45) is 5.73 Å². The van der Waals surface area contributed by atoms with Gasteiger partial charge in [0, 0.05) is 23.2 Å². The van der Waals surface area contributed by atoms with Crippen molar-refractivity contribution in [2.75, 3.05) is 5.32 Å². The number of fused-ring (bicyclic) bond motifs is 1. The van der Waals surface area contributed by atoms with E-state index in [4.69, 9.17) is 14.9 Å². The summed E-state index contributed by atoms with van der Waals surface area (Å²) in [5.41, 5.74) is 6.67. The molecular formula is C28H31N5O8. The molecule has 0 saturated carbocycles. The van der Waals surface area contributed by atoms with E-state index < -0.39 is 59.9 Å². The molecule has 3 atom stereocenters. The van der Waals surface area contributed by atoms with Crippen molar-refractivity contribution >= 4 is 46.4 Å². The average Bonchev–Trinajstić information content (AvgIpc) is 2.91. The molecular weight excluding hydrogens is 534 g/mol. The zero-order chi connectivity index (χ0) is 30.1. The first-order chi connectivity index (χ1) is 19.4. The number of nitrogens with one attached hydrogen (secondary N) is 4. The highest BCUT2D eigenvalue weighted by atomic mass is 16.5. The molecule has 0 fully saturated rings. The van der Waals surface area contributed by atoms with E-state index in [2.05, 4.69) is 21.3 Å². The van der Waals surface area contributed by atoms with Crippen LogP contribution in [-0.2, 0) is 30.5 Å². The Morgan fingerprint density at radius 1 is 0.878 bits per heavy atom. The number of rotatable bonds is 11. The number of nitrogens with two attached hydrogens (primary N) is 1. The van der Waals surface area contributed by atoms with Gasteiger partial charge >= 0.3 is 11.7 Å². The van der Waals surface area contributed by atoms with Gasteiger partial charge in [-0.15, -0.1) is 0 Å². The van der Waals surface area contributed by atoms with Crippen molar-refractivity contribution in [2.45, 2.75) is 51.9 Å². The number of benzene rings is 2. The Labute approximate surface area is 234 Å². The fourth-order valence-corrected chi connectivity index (χ4v) is 3.75. The predicted octanol–water partition coefficient (Wildman–Crippen LogP) is 1.22. The monoisotopic (exact) mass is 565 g/mol. The van der Waals surface area contributed by atoms with Gasteiger partial charge in [-0.2, -0.15) is 0 Å². The van der Waals surface area contributed by atoms with Crippen molar-refractivity contribution in [3.8, 4) is 0 Å². The summed E-state index contributed by atoms with van der Waals surface area (Å²) in [6.45, 7) is 4.52. The Morgan fingerprint density at radius 3 is 2.22 bits per heavy atom. The summed E-state index contributed by atoms with van der Waals surface area (Å²) in [5.74, 6) is -3.08. The van der Waals surface area contributed by atoms with Crippen LogP contribution in [0.3, 0.4) is 0 Å². The van der Waals surface area contributed by atoms with Crippen LogP contribution in [0.15, 0.2) is 63.8 Å². The minimum atomic E-state index is -1.37. The zero-order valence-electron chi connectivity index (χ0n) is 22.7. The van der Waals surface area contributed by atoms with Crippen molar-refractivity contribution in [1.29, 1.82) is 0 Å². The Kier molecular flexibility index (Phi) is 10.2. The van der Waals surface area contributed by atoms with Crippen LogP contribution in [0.2, 0.25) is 0 Å². The van der Waals surface area contributed by atoms with E-state index in [1.165, 1.54) is 26.0 Å². The maximum Gasteiger partial charge on any atom is 0.408 e. The molecule has 0 radical (unpaired) electrons. The summed E-state index contributed by atoms with van der Waals surface area (Å²) in [5, 5.41) is 10.4. The standard InChI is InChI=1S/C28H31N5O8/c1-15-11-24(35)41-22-12-19(9-10-20(15)22)32-27(38)21(13-23(29)34)33-26(37)16(2)30-25(36)17(3)31-28(39)40-14-18-7-5-4-6-8-18/h4-12,16-17,21H,13-14H2,1-3H3,(H2,29,34)(H,30,36)(H,31,39)(H,32,38)(H,33,37). The molecule has 3 rings (SSSR count). The van der Waals surface area contributed by atoms with Gasteiger partial charge in [-0.1, -0.05) is 30.3 Å². The lowest BCUT2D eigenvalue weighted by atomic mass is 10.1. The number of aryl methyl sites for hydroxylation is 1. The van der Waals surface area contributed by atoms with Crippen LogP contribution in [0.1, 0.15) is 31.4 Å². The van der Waals surface area contributed by atoms with Crippen molar-refractivity contribution in [3.05, 3.63) is 76.1 Å². The van der Waals surface area contributed by atoms with Crippen LogP contribution in [-0.4, -0.2) is 47.8 Å². The van der Waals surface area contributed by atoms with Gasteiger partial charge in [-0.3, -0.25) is 19.2 Å². The van der Waals surface area contributed by atoms with Gasteiger partial charge in [0.25, 0.3) is 0 Å². The molecule has 0 spiro atoms. The van der Waals surface area contributed by atoms with Crippen LogP contribution >= 0.6 is 0 Å². The van der Waals surface area contributed by atoms with Gasteiger partial charge < -0.3 is 36.2 Å². The number of hydrogen-bond donors (Lipinski definition) is 5. The lowest BCUT2D eigenvalue weighted by molar-refractivity contribution is -0.132. The van der Waals surface area contributed by atoms with Gasteiger partial charge in [0.05, 0.1) is 6.42 Å². The van der Waals surface area contributed by atoms with Crippen LogP contribution in [0.5, 0.6) is 0 Å². The lowest BCUT2D eigenvalue weighted by Gasteiger charge is -2.22. The summed E-state index contributed by atoms with van der Waals surface area (Å²) in [6.07, 6.45) is -1.35. The summed E-state index contributed by atoms with van der Waals surface area (Å²) in [7, 11) is 0. The van der Waals surface area contributed by atoms with E-state index in [1.807, 2.05) is 6.07 Å². The average molecular weight is 566 g/mol. The Bertz CT molecular complexity index is 1500. The maximum atomic E-state index is 12.9. The van der Waals surface area contributed by atoms with Crippen molar-refractivity contribution in [1.82, 2.24) is 16.0 Å². The van der Waals surface area contributed by atoms with E-state index >= 15 is 0 Å². The molecule has 3 unspecified atom stereocenters. The first-order valence-corrected chi connectivity index (χ1v) is 12.6. The highest BCUT2D eigenvalue weighted by Crippen LogP contribution is 2.21. The summed E-state index contributed by atoms with van der Waals surface area (Å²) >= 11 is 0. The number of alkyl carbamates (subject to hydrolysis) is 1. The third-order valence-corrected chi connectivity index (χ3v) is 5.95. The van der Waals surface area contributed by atoms with Gasteiger partial charge in [0.1, 0.15) is 30.3 Å². The van der Waals surface area contributed by atoms with E-state index in [0.29, 0.717) is 10.9 Å². The summed E-state index contributed by atoms with van der Waals surface area (Å²) < 4.78 is 10.3. The molecule has 13 nitrogen and oxygen atoms in total. The molecule has 1 heterocycles. The molecule has 1 aromatic heterocycles.